The van der Waals surface area contributed by atoms with Crippen molar-refractivity contribution in [1.29, 1.82) is 0 Å². The number of hydrogen-bond donors (Lipinski definition) is 0. The maximum atomic E-state index is 12.4. The molecule has 1 unspecified atom stereocenters. The second-order valence-electron chi connectivity index (χ2n) is 8.36. The Morgan fingerprint density at radius 3 is 1.85 bits per heavy atom. The molecule has 154 valence electrons. The fourth-order valence-electron chi connectivity index (χ4n) is 5.44. The van der Waals surface area contributed by atoms with Crippen molar-refractivity contribution in [2.75, 3.05) is 6.61 Å². The summed E-state index contributed by atoms with van der Waals surface area (Å²) in [6, 6.07) is 0. The van der Waals surface area contributed by atoms with Crippen molar-refractivity contribution in [2.24, 2.45) is 23.2 Å². The van der Waals surface area contributed by atoms with Crippen LogP contribution in [-0.2, 0) is 19.1 Å². The second-order valence-corrected chi connectivity index (χ2v) is 8.36. The predicted molar refractivity (Wildman–Crippen MR) is 82.7 cm³/mol. The molecule has 4 nitrogen and oxygen atoms in total. The number of alkyl halides is 5. The first-order valence-electron chi connectivity index (χ1n) is 9.26. The summed E-state index contributed by atoms with van der Waals surface area (Å²) in [7, 11) is 0. The minimum atomic E-state index is -5.36. The number of carbonyl (C=O) groups excluding carboxylic acids is 2. The number of rotatable bonds is 7. The van der Waals surface area contributed by atoms with Gasteiger partial charge in [0.15, 0.2) is 0 Å². The lowest BCUT2D eigenvalue weighted by molar-refractivity contribution is -0.249. The Kier molecular flexibility index (Phi) is 5.68. The van der Waals surface area contributed by atoms with Crippen LogP contribution in [0.1, 0.15) is 51.4 Å². The Morgan fingerprint density at radius 2 is 1.41 bits per heavy atom. The molecule has 0 saturated heterocycles. The Hall–Kier alpha value is -1.41. The average molecular weight is 398 g/mol. The van der Waals surface area contributed by atoms with E-state index in [4.69, 9.17) is 4.74 Å². The lowest BCUT2D eigenvalue weighted by Crippen LogP contribution is -2.48. The Morgan fingerprint density at radius 1 is 0.926 bits per heavy atom. The minimum Gasteiger partial charge on any atom is -0.465 e. The molecule has 0 radical (unpaired) electrons. The molecule has 1 atom stereocenters. The molecule has 0 amide bonds. The molecule has 0 N–H and O–H groups in total. The number of halogens is 5. The van der Waals surface area contributed by atoms with Crippen LogP contribution in [0.15, 0.2) is 0 Å². The summed E-state index contributed by atoms with van der Waals surface area (Å²) in [5.41, 5.74) is -0.0119. The molecule has 4 saturated carbocycles. The zero-order chi connectivity index (χ0) is 19.8. The number of hydrogen-bond acceptors (Lipinski definition) is 4. The monoisotopic (exact) mass is 398 g/mol. The Labute approximate surface area is 153 Å². The standard InChI is InChI=1S/C18H23F5O4/c19-16(20)15(18(21,22)23)27-14(25)2-1-13(24)26-9-17-6-10-3-11(7-17)5-12(4-10)8-17/h10-12,15-16H,1-9H2. The van der Waals surface area contributed by atoms with Crippen LogP contribution in [0.25, 0.3) is 0 Å². The maximum Gasteiger partial charge on any atom is 0.431 e. The van der Waals surface area contributed by atoms with E-state index in [1.54, 1.807) is 0 Å². The second kappa shape index (κ2) is 7.54. The van der Waals surface area contributed by atoms with Gasteiger partial charge in [-0.25, -0.2) is 8.78 Å². The summed E-state index contributed by atoms with van der Waals surface area (Å²) < 4.78 is 70.8. The van der Waals surface area contributed by atoms with Crippen LogP contribution in [0.2, 0.25) is 0 Å². The first kappa shape index (κ1) is 20.3. The first-order valence-corrected chi connectivity index (χ1v) is 9.26. The summed E-state index contributed by atoms with van der Waals surface area (Å²) in [6.45, 7) is 0.257. The maximum absolute atomic E-state index is 12.4. The van der Waals surface area contributed by atoms with Crippen molar-refractivity contribution in [3.63, 3.8) is 0 Å². The largest absolute Gasteiger partial charge is 0.465 e. The van der Waals surface area contributed by atoms with E-state index >= 15 is 0 Å². The molecule has 4 fully saturated rings. The highest BCUT2D eigenvalue weighted by Crippen LogP contribution is 2.60. The van der Waals surface area contributed by atoms with E-state index in [9.17, 15) is 31.5 Å². The number of ether oxygens (including phenoxy) is 2. The van der Waals surface area contributed by atoms with Crippen molar-refractivity contribution >= 4 is 11.9 Å². The van der Waals surface area contributed by atoms with Crippen LogP contribution >= 0.6 is 0 Å². The van der Waals surface area contributed by atoms with Crippen LogP contribution in [0.4, 0.5) is 22.0 Å². The van der Waals surface area contributed by atoms with Crippen LogP contribution < -0.4 is 0 Å². The third-order valence-electron chi connectivity index (χ3n) is 6.05. The Balaban J connectivity index is 1.42. The summed E-state index contributed by atoms with van der Waals surface area (Å²) in [4.78, 5) is 23.2. The van der Waals surface area contributed by atoms with Crippen molar-refractivity contribution in [3.8, 4) is 0 Å². The van der Waals surface area contributed by atoms with Crippen molar-refractivity contribution in [3.05, 3.63) is 0 Å². The quantitative estimate of drug-likeness (QED) is 0.475. The van der Waals surface area contributed by atoms with E-state index in [1.165, 1.54) is 19.3 Å². The summed E-state index contributed by atoms with van der Waals surface area (Å²) >= 11 is 0. The van der Waals surface area contributed by atoms with Gasteiger partial charge in [0.25, 0.3) is 12.5 Å². The lowest BCUT2D eigenvalue weighted by Gasteiger charge is -2.56. The molecule has 0 aliphatic heterocycles. The van der Waals surface area contributed by atoms with E-state index in [0.29, 0.717) is 17.8 Å². The molecule has 0 aromatic carbocycles. The van der Waals surface area contributed by atoms with E-state index in [-0.39, 0.29) is 12.0 Å². The fraction of sp³-hybridized carbons (Fsp3) is 0.889. The van der Waals surface area contributed by atoms with Crippen LogP contribution in [0, 0.1) is 23.2 Å². The molecule has 0 aromatic rings. The van der Waals surface area contributed by atoms with Gasteiger partial charge in [-0.1, -0.05) is 0 Å². The van der Waals surface area contributed by atoms with Crippen LogP contribution in [-0.4, -0.2) is 37.3 Å². The fourth-order valence-corrected chi connectivity index (χ4v) is 5.44. The normalized spacial score (nSPS) is 33.2. The van der Waals surface area contributed by atoms with Crippen molar-refractivity contribution in [1.82, 2.24) is 0 Å². The van der Waals surface area contributed by atoms with Crippen molar-refractivity contribution < 1.29 is 41.0 Å². The average Bonchev–Trinajstić information content (AvgIpc) is 2.53. The van der Waals surface area contributed by atoms with Gasteiger partial charge in [-0.15, -0.1) is 0 Å². The number of carbonyl (C=O) groups is 2. The van der Waals surface area contributed by atoms with Crippen LogP contribution in [0.5, 0.6) is 0 Å². The topological polar surface area (TPSA) is 52.6 Å². The third-order valence-corrected chi connectivity index (χ3v) is 6.05. The molecule has 4 aliphatic carbocycles. The van der Waals surface area contributed by atoms with Gasteiger partial charge in [-0.05, 0) is 56.3 Å². The molecule has 9 heteroatoms. The van der Waals surface area contributed by atoms with Gasteiger partial charge < -0.3 is 9.47 Å². The molecule has 0 aromatic heterocycles. The molecule has 4 rings (SSSR count). The molecular formula is C18H23F5O4. The van der Waals surface area contributed by atoms with Crippen LogP contribution in [0.3, 0.4) is 0 Å². The van der Waals surface area contributed by atoms with Gasteiger partial charge >= 0.3 is 18.1 Å². The van der Waals surface area contributed by atoms with E-state index in [1.807, 2.05) is 0 Å². The SMILES string of the molecule is O=C(CCC(=O)OC(C(F)F)C(F)(F)F)OCC12CC3CC(CC(C3)C1)C2. The highest BCUT2D eigenvalue weighted by Gasteiger charge is 2.51. The minimum absolute atomic E-state index is 0.0119. The highest BCUT2D eigenvalue weighted by atomic mass is 19.4. The molecule has 0 spiro atoms. The van der Waals surface area contributed by atoms with Gasteiger partial charge in [0.1, 0.15) is 0 Å². The molecule has 0 heterocycles. The van der Waals surface area contributed by atoms with Crippen molar-refractivity contribution in [2.45, 2.75) is 70.1 Å². The summed E-state index contributed by atoms with van der Waals surface area (Å²) in [5.74, 6) is -0.177. The van der Waals surface area contributed by atoms with E-state index in [2.05, 4.69) is 4.74 Å². The first-order chi connectivity index (χ1) is 12.6. The molecule has 27 heavy (non-hydrogen) atoms. The van der Waals surface area contributed by atoms with Gasteiger partial charge in [0.05, 0.1) is 19.4 Å². The van der Waals surface area contributed by atoms with Gasteiger partial charge in [-0.3, -0.25) is 9.59 Å². The predicted octanol–water partition coefficient (Wildman–Crippen LogP) is 4.27. The van der Waals surface area contributed by atoms with E-state index in [0.717, 1.165) is 19.3 Å². The smallest absolute Gasteiger partial charge is 0.431 e. The Bertz CT molecular complexity index is 539. The van der Waals surface area contributed by atoms with Gasteiger partial charge in [0, 0.05) is 5.41 Å². The zero-order valence-electron chi connectivity index (χ0n) is 14.8. The van der Waals surface area contributed by atoms with E-state index < -0.39 is 43.5 Å². The summed E-state index contributed by atoms with van der Waals surface area (Å²) in [6.07, 6.45) is -7.13. The molecule has 4 aliphatic rings. The molecule has 4 bridgehead atoms. The zero-order valence-corrected chi connectivity index (χ0v) is 14.8. The molecular weight excluding hydrogens is 375 g/mol. The lowest BCUT2D eigenvalue weighted by atomic mass is 9.50. The van der Waals surface area contributed by atoms with Gasteiger partial charge in [0.2, 0.25) is 0 Å². The number of esters is 2. The summed E-state index contributed by atoms with van der Waals surface area (Å²) in [5, 5.41) is 0. The van der Waals surface area contributed by atoms with Gasteiger partial charge in [-0.2, -0.15) is 13.2 Å². The third kappa shape index (κ3) is 4.90. The highest BCUT2D eigenvalue weighted by molar-refractivity contribution is 5.77.